The van der Waals surface area contributed by atoms with Gasteiger partial charge in [-0.05, 0) is 47.4 Å². The second kappa shape index (κ2) is 16.5. The van der Waals surface area contributed by atoms with Crippen LogP contribution in [0.1, 0.15) is 42.1 Å². The fraction of sp³-hybridized carbons (Fsp3) is 0.405. The van der Waals surface area contributed by atoms with Gasteiger partial charge in [-0.2, -0.15) is 0 Å². The minimum Gasteiger partial charge on any atom is -0.491 e. The van der Waals surface area contributed by atoms with Crippen LogP contribution in [0.3, 0.4) is 0 Å². The van der Waals surface area contributed by atoms with Gasteiger partial charge in [-0.3, -0.25) is 28.8 Å². The van der Waals surface area contributed by atoms with Crippen LogP contribution >= 0.6 is 0 Å². The van der Waals surface area contributed by atoms with Crippen LogP contribution in [-0.2, 0) is 30.4 Å². The zero-order valence-corrected chi connectivity index (χ0v) is 28.9. The molecule has 2 aliphatic rings. The number of rotatable bonds is 7. The lowest BCUT2D eigenvalue weighted by Gasteiger charge is -2.28. The van der Waals surface area contributed by atoms with E-state index in [4.69, 9.17) is 4.74 Å². The lowest BCUT2D eigenvalue weighted by Crippen LogP contribution is -2.49. The van der Waals surface area contributed by atoms with E-state index >= 15 is 0 Å². The molecule has 0 aromatic heterocycles. The minimum atomic E-state index is -1.13. The molecule has 270 valence electrons. The molecule has 0 spiro atoms. The quantitative estimate of drug-likeness (QED) is 0.316. The summed E-state index contributed by atoms with van der Waals surface area (Å²) >= 11 is 0. The number of likely N-dealkylation sites (N-methyl/N-ethyl adjacent to an activating group) is 2. The number of halogens is 1. The van der Waals surface area contributed by atoms with Gasteiger partial charge in [0.2, 0.25) is 29.5 Å². The van der Waals surface area contributed by atoms with E-state index in [0.717, 1.165) is 33.4 Å². The second-order valence-electron chi connectivity index (χ2n) is 13.0. The van der Waals surface area contributed by atoms with Crippen LogP contribution in [0.2, 0.25) is 0 Å². The van der Waals surface area contributed by atoms with Crippen molar-refractivity contribution in [3.8, 4) is 5.75 Å². The molecule has 1 fully saturated rings. The molecule has 51 heavy (non-hydrogen) atoms. The van der Waals surface area contributed by atoms with Crippen LogP contribution in [0.25, 0.3) is 10.8 Å². The average Bonchev–Trinajstić information content (AvgIpc) is 3.50. The summed E-state index contributed by atoms with van der Waals surface area (Å²) in [5, 5.41) is 10.4. The first-order chi connectivity index (χ1) is 24.4. The van der Waals surface area contributed by atoms with Gasteiger partial charge < -0.3 is 35.4 Å². The minimum absolute atomic E-state index is 0.0531. The normalized spacial score (nSPS) is 20.1. The molecule has 3 aromatic rings. The predicted octanol–water partition coefficient (Wildman–Crippen LogP) is 1.63. The van der Waals surface area contributed by atoms with Gasteiger partial charge in [-0.25, -0.2) is 4.39 Å². The first-order valence-corrected chi connectivity index (χ1v) is 16.9. The zero-order chi connectivity index (χ0) is 36.7. The molecule has 3 N–H and O–H groups in total. The van der Waals surface area contributed by atoms with Crippen molar-refractivity contribution < 1.29 is 37.9 Å². The molecule has 5 rings (SSSR count). The fourth-order valence-corrected chi connectivity index (χ4v) is 6.49. The Balaban J connectivity index is 1.34. The Hall–Kier alpha value is -5.53. The Bertz CT molecular complexity index is 1820. The molecule has 3 aromatic carbocycles. The maximum atomic E-state index is 14.5. The summed E-state index contributed by atoms with van der Waals surface area (Å²) in [5.74, 6) is -3.18. The fourth-order valence-electron chi connectivity index (χ4n) is 6.49. The molecular formula is C37H43FN6O7. The molecular weight excluding hydrogens is 659 g/mol. The predicted molar refractivity (Wildman–Crippen MR) is 186 cm³/mol. The number of benzene rings is 3. The smallest absolute Gasteiger partial charge is 0.258 e. The van der Waals surface area contributed by atoms with Gasteiger partial charge in [-0.15, -0.1) is 0 Å². The summed E-state index contributed by atoms with van der Waals surface area (Å²) in [5.41, 5.74) is 0.713. The van der Waals surface area contributed by atoms with Gasteiger partial charge >= 0.3 is 0 Å². The van der Waals surface area contributed by atoms with Crippen LogP contribution in [0.5, 0.6) is 5.75 Å². The van der Waals surface area contributed by atoms with E-state index in [1.54, 1.807) is 4.90 Å². The maximum absolute atomic E-state index is 14.5. The van der Waals surface area contributed by atoms with E-state index in [2.05, 4.69) is 16.0 Å². The zero-order valence-electron chi connectivity index (χ0n) is 28.9. The highest BCUT2D eigenvalue weighted by Gasteiger charge is 2.38. The van der Waals surface area contributed by atoms with Crippen molar-refractivity contribution in [2.45, 2.75) is 50.7 Å². The number of nitrogens with zero attached hydrogens (tertiary/aromatic N) is 3. The number of amides is 6. The lowest BCUT2D eigenvalue weighted by atomic mass is 10.0. The second-order valence-corrected chi connectivity index (χ2v) is 13.0. The SMILES string of the molecule is CC(=O)NCCNC(=O)[C@H]1CCC(=O)N(C)CC(=O)N2C[C@@H](NC(=O)Cc3ccc4ccccc4c3)C[C@H]2COc2ccc(F)cc2C(=O)N1C. The first-order valence-electron chi connectivity index (χ1n) is 16.9. The number of fused-ring (bicyclic) bond motifs is 3. The van der Waals surface area contributed by atoms with Gasteiger partial charge in [-0.1, -0.05) is 42.5 Å². The molecule has 6 amide bonds. The summed E-state index contributed by atoms with van der Waals surface area (Å²) in [6.07, 6.45) is 0.234. The van der Waals surface area contributed by atoms with E-state index in [1.807, 2.05) is 42.5 Å². The van der Waals surface area contributed by atoms with Crippen molar-refractivity contribution in [2.75, 3.05) is 46.9 Å². The van der Waals surface area contributed by atoms with Crippen molar-refractivity contribution in [3.05, 3.63) is 77.6 Å². The highest BCUT2D eigenvalue weighted by atomic mass is 19.1. The van der Waals surface area contributed by atoms with E-state index in [1.165, 1.54) is 32.0 Å². The highest BCUT2D eigenvalue weighted by Crippen LogP contribution is 2.26. The summed E-state index contributed by atoms with van der Waals surface area (Å²) in [6.45, 7) is 1.42. The topological polar surface area (TPSA) is 157 Å². The van der Waals surface area contributed by atoms with Crippen LogP contribution in [0.4, 0.5) is 4.39 Å². The third kappa shape index (κ3) is 9.38. The van der Waals surface area contributed by atoms with E-state index in [-0.39, 0.29) is 81.1 Å². The molecule has 2 heterocycles. The van der Waals surface area contributed by atoms with Gasteiger partial charge in [0, 0.05) is 53.1 Å². The third-order valence-electron chi connectivity index (χ3n) is 9.20. The molecule has 0 saturated carbocycles. The highest BCUT2D eigenvalue weighted by molar-refractivity contribution is 5.99. The Morgan fingerprint density at radius 2 is 1.67 bits per heavy atom. The average molecular weight is 703 g/mol. The molecule has 0 bridgehead atoms. The number of hydrogen-bond acceptors (Lipinski definition) is 7. The van der Waals surface area contributed by atoms with E-state index in [0.29, 0.717) is 6.42 Å². The van der Waals surface area contributed by atoms with Crippen molar-refractivity contribution in [1.29, 1.82) is 0 Å². The van der Waals surface area contributed by atoms with Crippen LogP contribution in [-0.4, -0.2) is 115 Å². The van der Waals surface area contributed by atoms with Crippen LogP contribution in [0.15, 0.2) is 60.7 Å². The van der Waals surface area contributed by atoms with Crippen molar-refractivity contribution in [3.63, 3.8) is 0 Å². The summed E-state index contributed by atoms with van der Waals surface area (Å²) in [6, 6.07) is 15.1. The van der Waals surface area contributed by atoms with Crippen LogP contribution in [0, 0.1) is 5.82 Å². The van der Waals surface area contributed by atoms with Gasteiger partial charge in [0.15, 0.2) is 0 Å². The van der Waals surface area contributed by atoms with Gasteiger partial charge in [0.05, 0.1) is 24.6 Å². The maximum Gasteiger partial charge on any atom is 0.258 e. The van der Waals surface area contributed by atoms with Crippen molar-refractivity contribution >= 4 is 46.2 Å². The number of hydrogen-bond donors (Lipinski definition) is 3. The summed E-state index contributed by atoms with van der Waals surface area (Å²) < 4.78 is 20.6. The molecule has 0 radical (unpaired) electrons. The standard InChI is InChI=1S/C37H43FN6O7/c1-23(45)39-14-15-40-36(49)31-11-13-34(47)42(2)21-35(48)44-20-28(41-33(46)17-24-8-9-25-6-4-5-7-26(25)16-24)19-29(44)22-51-32-12-10-27(38)18-30(32)37(50)43(31)3/h4-10,12,16,18,28-29,31H,11,13-15,17,19-22H2,1-3H3,(H,39,45)(H,40,49)(H,41,46)/t28-,29-,31+/m0/s1. The van der Waals surface area contributed by atoms with E-state index < -0.39 is 41.7 Å². The van der Waals surface area contributed by atoms with Crippen molar-refractivity contribution in [1.82, 2.24) is 30.7 Å². The largest absolute Gasteiger partial charge is 0.491 e. The Labute approximate surface area is 295 Å². The van der Waals surface area contributed by atoms with Crippen molar-refractivity contribution in [2.24, 2.45) is 0 Å². The molecule has 0 aliphatic carbocycles. The lowest BCUT2D eigenvalue weighted by molar-refractivity contribution is -0.140. The molecule has 13 nitrogen and oxygen atoms in total. The Morgan fingerprint density at radius 1 is 0.922 bits per heavy atom. The number of nitrogens with one attached hydrogen (secondary N) is 3. The molecule has 3 atom stereocenters. The summed E-state index contributed by atoms with van der Waals surface area (Å²) in [4.78, 5) is 82.3. The molecule has 2 aliphatic heterocycles. The van der Waals surface area contributed by atoms with Crippen LogP contribution < -0.4 is 20.7 Å². The summed E-state index contributed by atoms with van der Waals surface area (Å²) in [7, 11) is 2.87. The monoisotopic (exact) mass is 702 g/mol. The molecule has 1 saturated heterocycles. The van der Waals surface area contributed by atoms with Gasteiger partial charge in [0.25, 0.3) is 5.91 Å². The first kappa shape index (κ1) is 36.7. The number of ether oxygens (including phenoxy) is 1. The van der Waals surface area contributed by atoms with Gasteiger partial charge in [0.1, 0.15) is 24.2 Å². The third-order valence-corrected chi connectivity index (χ3v) is 9.20. The number of carbonyl (C=O) groups is 6. The molecule has 0 unspecified atom stereocenters. The Morgan fingerprint density at radius 3 is 2.43 bits per heavy atom. The number of carbonyl (C=O) groups excluding carboxylic acids is 6. The molecule has 14 heteroatoms. The Kier molecular flexibility index (Phi) is 11.9. The van der Waals surface area contributed by atoms with E-state index in [9.17, 15) is 33.2 Å².